The fraction of sp³-hybridized carbons (Fsp3) is 0.182. The molecular weight excluding hydrogens is 422 g/mol. The summed E-state index contributed by atoms with van der Waals surface area (Å²) in [5, 5.41) is 0.572. The summed E-state index contributed by atoms with van der Waals surface area (Å²) in [5.74, 6) is -0.484. The van der Waals surface area contributed by atoms with Crippen molar-refractivity contribution < 1.29 is 9.53 Å². The number of esters is 1. The van der Waals surface area contributed by atoms with E-state index in [-0.39, 0.29) is 12.2 Å². The van der Waals surface area contributed by atoms with Gasteiger partial charge in [0, 0.05) is 17.4 Å². The number of fused-ring (bicyclic) bond motifs is 1. The Kier molecular flexibility index (Phi) is 5.65. The highest BCUT2D eigenvalue weighted by Gasteiger charge is 2.33. The molecule has 1 aliphatic heterocycles. The summed E-state index contributed by atoms with van der Waals surface area (Å²) in [4.78, 5) is 35.2. The van der Waals surface area contributed by atoms with E-state index in [1.165, 1.54) is 11.3 Å². The van der Waals surface area contributed by atoms with E-state index in [4.69, 9.17) is 16.3 Å². The average molecular weight is 440 g/mol. The number of thiazole rings is 1. The molecule has 1 aromatic carbocycles. The van der Waals surface area contributed by atoms with Gasteiger partial charge < -0.3 is 4.74 Å². The van der Waals surface area contributed by atoms with Crippen molar-refractivity contribution >= 4 is 35.0 Å². The number of hydrogen-bond donors (Lipinski definition) is 0. The molecule has 152 valence electrons. The van der Waals surface area contributed by atoms with Crippen molar-refractivity contribution in [2.24, 2.45) is 4.99 Å². The predicted octanol–water partition coefficient (Wildman–Crippen LogP) is 2.85. The first-order valence-electron chi connectivity index (χ1n) is 9.34. The fourth-order valence-electron chi connectivity index (χ4n) is 3.36. The molecule has 0 unspecified atom stereocenters. The Labute approximate surface area is 181 Å². The lowest BCUT2D eigenvalue weighted by Gasteiger charge is -2.24. The third kappa shape index (κ3) is 3.74. The van der Waals surface area contributed by atoms with E-state index >= 15 is 0 Å². The predicted molar refractivity (Wildman–Crippen MR) is 116 cm³/mol. The number of aromatic nitrogens is 2. The summed E-state index contributed by atoms with van der Waals surface area (Å²) in [6.07, 6.45) is 5.14. The zero-order valence-electron chi connectivity index (χ0n) is 16.3. The molecule has 2 aromatic heterocycles. The molecule has 1 atom stereocenters. The van der Waals surface area contributed by atoms with Crippen LogP contribution in [0.3, 0.4) is 0 Å². The SMILES string of the molecule is CCOC(=O)C1=C(C)N=c2s/c(=C\c3ccncc3)c(=O)n2[C@@H]1c1ccc(Cl)cc1. The Bertz CT molecular complexity index is 1310. The number of nitrogens with zero attached hydrogens (tertiary/aromatic N) is 3. The van der Waals surface area contributed by atoms with Crippen molar-refractivity contribution in [3.05, 3.63) is 95.9 Å². The lowest BCUT2D eigenvalue weighted by molar-refractivity contribution is -0.139. The molecule has 6 nitrogen and oxygen atoms in total. The van der Waals surface area contributed by atoms with Gasteiger partial charge in [0.25, 0.3) is 5.56 Å². The van der Waals surface area contributed by atoms with Crippen molar-refractivity contribution in [2.75, 3.05) is 6.61 Å². The number of rotatable bonds is 4. The molecule has 0 bridgehead atoms. The van der Waals surface area contributed by atoms with Crippen molar-refractivity contribution in [3.63, 3.8) is 0 Å². The van der Waals surface area contributed by atoms with E-state index < -0.39 is 12.0 Å². The highest BCUT2D eigenvalue weighted by atomic mass is 35.5. The maximum atomic E-state index is 13.4. The summed E-state index contributed by atoms with van der Waals surface area (Å²) < 4.78 is 7.36. The monoisotopic (exact) mass is 439 g/mol. The maximum absolute atomic E-state index is 13.4. The first-order valence-corrected chi connectivity index (χ1v) is 10.5. The van der Waals surface area contributed by atoms with Gasteiger partial charge in [-0.3, -0.25) is 14.3 Å². The second kappa shape index (κ2) is 8.38. The molecule has 0 N–H and O–H groups in total. The molecule has 0 amide bonds. The lowest BCUT2D eigenvalue weighted by atomic mass is 9.96. The summed E-state index contributed by atoms with van der Waals surface area (Å²) in [6.45, 7) is 3.74. The quantitative estimate of drug-likeness (QED) is 0.586. The molecule has 0 aliphatic carbocycles. The normalized spacial score (nSPS) is 16.2. The molecule has 8 heteroatoms. The van der Waals surface area contributed by atoms with Gasteiger partial charge in [-0.05, 0) is 55.3 Å². The molecule has 0 radical (unpaired) electrons. The molecule has 3 aromatic rings. The number of halogens is 1. The van der Waals surface area contributed by atoms with Crippen LogP contribution in [0.5, 0.6) is 0 Å². The van der Waals surface area contributed by atoms with Gasteiger partial charge in [-0.15, -0.1) is 0 Å². The topological polar surface area (TPSA) is 73.6 Å². The van der Waals surface area contributed by atoms with Gasteiger partial charge in [0.05, 0.1) is 28.5 Å². The lowest BCUT2D eigenvalue weighted by Crippen LogP contribution is -2.39. The maximum Gasteiger partial charge on any atom is 0.338 e. The Morgan fingerprint density at radius 2 is 1.93 bits per heavy atom. The Morgan fingerprint density at radius 1 is 1.23 bits per heavy atom. The van der Waals surface area contributed by atoms with Crippen LogP contribution in [0, 0.1) is 0 Å². The summed E-state index contributed by atoms with van der Waals surface area (Å²) in [6, 6.07) is 10.1. The molecule has 0 spiro atoms. The van der Waals surface area contributed by atoms with Crippen LogP contribution in [0.2, 0.25) is 5.02 Å². The third-order valence-electron chi connectivity index (χ3n) is 4.71. The molecule has 30 heavy (non-hydrogen) atoms. The largest absolute Gasteiger partial charge is 0.463 e. The van der Waals surface area contributed by atoms with Crippen LogP contribution in [0.4, 0.5) is 0 Å². The zero-order valence-corrected chi connectivity index (χ0v) is 17.9. The van der Waals surface area contributed by atoms with Crippen molar-refractivity contribution in [3.8, 4) is 0 Å². The van der Waals surface area contributed by atoms with Crippen LogP contribution in [-0.2, 0) is 9.53 Å². The van der Waals surface area contributed by atoms with Crippen LogP contribution in [-0.4, -0.2) is 22.1 Å². The highest BCUT2D eigenvalue weighted by Crippen LogP contribution is 2.31. The van der Waals surface area contributed by atoms with Gasteiger partial charge in [-0.1, -0.05) is 35.1 Å². The van der Waals surface area contributed by atoms with Crippen molar-refractivity contribution in [1.29, 1.82) is 0 Å². The summed E-state index contributed by atoms with van der Waals surface area (Å²) >= 11 is 7.34. The number of hydrogen-bond acceptors (Lipinski definition) is 6. The average Bonchev–Trinajstić information content (AvgIpc) is 3.03. The van der Waals surface area contributed by atoms with Gasteiger partial charge in [-0.25, -0.2) is 9.79 Å². The first kappa shape index (κ1) is 20.3. The third-order valence-corrected chi connectivity index (χ3v) is 5.94. The fourth-order valence-corrected chi connectivity index (χ4v) is 4.54. The second-order valence-electron chi connectivity index (χ2n) is 6.63. The zero-order chi connectivity index (χ0) is 21.3. The van der Waals surface area contributed by atoms with Crippen LogP contribution in [0.15, 0.2) is 69.8 Å². The minimum absolute atomic E-state index is 0.218. The van der Waals surface area contributed by atoms with Crippen LogP contribution in [0.1, 0.15) is 31.0 Å². The van der Waals surface area contributed by atoms with E-state index in [9.17, 15) is 9.59 Å². The smallest absolute Gasteiger partial charge is 0.338 e. The van der Waals surface area contributed by atoms with E-state index in [1.807, 2.05) is 24.3 Å². The van der Waals surface area contributed by atoms with Gasteiger partial charge in [0.1, 0.15) is 0 Å². The van der Waals surface area contributed by atoms with Crippen molar-refractivity contribution in [1.82, 2.24) is 9.55 Å². The highest BCUT2D eigenvalue weighted by molar-refractivity contribution is 7.07. The van der Waals surface area contributed by atoms with Gasteiger partial charge in [0.2, 0.25) is 0 Å². The molecule has 4 rings (SSSR count). The van der Waals surface area contributed by atoms with Crippen molar-refractivity contribution in [2.45, 2.75) is 19.9 Å². The Morgan fingerprint density at radius 3 is 2.60 bits per heavy atom. The van der Waals surface area contributed by atoms with Crippen LogP contribution in [0.25, 0.3) is 6.08 Å². The number of benzene rings is 1. The molecule has 3 heterocycles. The van der Waals surface area contributed by atoms with Gasteiger partial charge >= 0.3 is 5.97 Å². The Hall–Kier alpha value is -3.03. The number of carbonyl (C=O) groups is 1. The molecule has 0 saturated carbocycles. The number of carbonyl (C=O) groups excluding carboxylic acids is 1. The van der Waals surface area contributed by atoms with E-state index in [2.05, 4.69) is 9.98 Å². The first-order chi connectivity index (χ1) is 14.5. The number of ether oxygens (including phenoxy) is 1. The Balaban J connectivity index is 1.96. The van der Waals surface area contributed by atoms with E-state index in [0.29, 0.717) is 25.6 Å². The van der Waals surface area contributed by atoms with E-state index in [0.717, 1.165) is 11.1 Å². The van der Waals surface area contributed by atoms with Crippen LogP contribution >= 0.6 is 22.9 Å². The van der Waals surface area contributed by atoms with E-state index in [1.54, 1.807) is 49.0 Å². The molecular formula is C22H18ClN3O3S. The minimum Gasteiger partial charge on any atom is -0.463 e. The van der Waals surface area contributed by atoms with Gasteiger partial charge in [0.15, 0.2) is 4.80 Å². The molecule has 1 aliphatic rings. The number of allylic oxidation sites excluding steroid dienone is 1. The minimum atomic E-state index is -0.642. The summed E-state index contributed by atoms with van der Waals surface area (Å²) in [5.41, 5.74) is 2.28. The number of pyridine rings is 1. The molecule has 0 saturated heterocycles. The summed E-state index contributed by atoms with van der Waals surface area (Å²) in [7, 11) is 0. The standard InChI is InChI=1S/C22H18ClN3O3S/c1-3-29-21(28)18-13(2)25-22-26(19(18)15-4-6-16(23)7-5-15)20(27)17(30-22)12-14-8-10-24-11-9-14/h4-12,19H,3H2,1-2H3/b17-12-/t19-/m1/s1. The second-order valence-corrected chi connectivity index (χ2v) is 8.08. The van der Waals surface area contributed by atoms with Gasteiger partial charge in [-0.2, -0.15) is 0 Å². The van der Waals surface area contributed by atoms with Crippen LogP contribution < -0.4 is 14.9 Å². The molecule has 0 fully saturated rings.